The molecule has 1 fully saturated rings. The number of rotatable bonds is 4. The van der Waals surface area contributed by atoms with Gasteiger partial charge in [-0.25, -0.2) is 0 Å². The third-order valence-corrected chi connectivity index (χ3v) is 4.05. The molecule has 0 aromatic heterocycles. The van der Waals surface area contributed by atoms with Crippen LogP contribution in [-0.4, -0.2) is 38.2 Å². The molecule has 0 bridgehead atoms. The molecule has 19 heavy (non-hydrogen) atoms. The number of hydrogen-bond acceptors (Lipinski definition) is 3. The van der Waals surface area contributed by atoms with Gasteiger partial charge in [0, 0.05) is 42.8 Å². The molecule has 1 aliphatic heterocycles. The molecule has 3 nitrogen and oxygen atoms in total. The van der Waals surface area contributed by atoms with Crippen LogP contribution < -0.4 is 10.1 Å². The Morgan fingerprint density at radius 2 is 2.00 bits per heavy atom. The van der Waals surface area contributed by atoms with Crippen molar-refractivity contribution in [3.05, 3.63) is 27.7 Å². The molecule has 0 atom stereocenters. The summed E-state index contributed by atoms with van der Waals surface area (Å²) in [5.74, 6) is 1.52. The Kier molecular flexibility index (Phi) is 5.25. The minimum atomic E-state index is 0.467. The SMILES string of the molecule is COc1c(CN2CCNCC2)cc(Br)cc1C(C)C. The van der Waals surface area contributed by atoms with Crippen LogP contribution in [0.1, 0.15) is 30.9 Å². The van der Waals surface area contributed by atoms with Gasteiger partial charge in [-0.2, -0.15) is 0 Å². The van der Waals surface area contributed by atoms with Crippen LogP contribution in [0.15, 0.2) is 16.6 Å². The van der Waals surface area contributed by atoms with E-state index in [1.165, 1.54) is 11.1 Å². The monoisotopic (exact) mass is 326 g/mol. The summed E-state index contributed by atoms with van der Waals surface area (Å²) in [5, 5.41) is 3.39. The first-order chi connectivity index (χ1) is 9.11. The van der Waals surface area contributed by atoms with Crippen LogP contribution in [-0.2, 0) is 6.54 Å². The lowest BCUT2D eigenvalue weighted by atomic mass is 9.98. The predicted octanol–water partition coefficient (Wildman–Crippen LogP) is 2.99. The summed E-state index contributed by atoms with van der Waals surface area (Å²) in [6, 6.07) is 4.36. The van der Waals surface area contributed by atoms with Crippen LogP contribution in [0.2, 0.25) is 0 Å². The number of benzene rings is 1. The van der Waals surface area contributed by atoms with Crippen molar-refractivity contribution in [2.45, 2.75) is 26.3 Å². The number of ether oxygens (including phenoxy) is 1. The summed E-state index contributed by atoms with van der Waals surface area (Å²) in [7, 11) is 1.77. The molecule has 1 aliphatic rings. The fourth-order valence-electron chi connectivity index (χ4n) is 2.58. The second-order valence-electron chi connectivity index (χ2n) is 5.37. The van der Waals surface area contributed by atoms with Crippen molar-refractivity contribution in [3.63, 3.8) is 0 Å². The van der Waals surface area contributed by atoms with Gasteiger partial charge in [0.2, 0.25) is 0 Å². The number of nitrogens with one attached hydrogen (secondary N) is 1. The lowest BCUT2D eigenvalue weighted by molar-refractivity contribution is 0.230. The molecule has 1 heterocycles. The number of methoxy groups -OCH3 is 1. The lowest BCUT2D eigenvalue weighted by Gasteiger charge is -2.28. The Labute approximate surface area is 124 Å². The molecule has 2 rings (SSSR count). The summed E-state index contributed by atoms with van der Waals surface area (Å²) in [6.07, 6.45) is 0. The largest absolute Gasteiger partial charge is 0.496 e. The fraction of sp³-hybridized carbons (Fsp3) is 0.600. The van der Waals surface area contributed by atoms with Gasteiger partial charge in [0.15, 0.2) is 0 Å². The van der Waals surface area contributed by atoms with E-state index in [2.05, 4.69) is 52.1 Å². The average molecular weight is 327 g/mol. The maximum atomic E-state index is 5.67. The molecular formula is C15H23BrN2O. The molecule has 106 valence electrons. The first-order valence-electron chi connectivity index (χ1n) is 6.91. The zero-order valence-corrected chi connectivity index (χ0v) is 13.6. The van der Waals surface area contributed by atoms with Crippen LogP contribution in [0, 0.1) is 0 Å². The summed E-state index contributed by atoms with van der Waals surface area (Å²) >= 11 is 3.62. The fourth-order valence-corrected chi connectivity index (χ4v) is 3.10. The van der Waals surface area contributed by atoms with Gasteiger partial charge in [-0.05, 0) is 23.6 Å². The maximum Gasteiger partial charge on any atom is 0.126 e. The van der Waals surface area contributed by atoms with Gasteiger partial charge < -0.3 is 10.1 Å². The predicted molar refractivity (Wildman–Crippen MR) is 82.9 cm³/mol. The Morgan fingerprint density at radius 1 is 1.32 bits per heavy atom. The number of hydrogen-bond donors (Lipinski definition) is 1. The minimum absolute atomic E-state index is 0.467. The van der Waals surface area contributed by atoms with E-state index in [-0.39, 0.29) is 0 Å². The van der Waals surface area contributed by atoms with E-state index in [0.29, 0.717) is 5.92 Å². The molecule has 0 radical (unpaired) electrons. The maximum absolute atomic E-state index is 5.67. The zero-order chi connectivity index (χ0) is 13.8. The molecule has 4 heteroatoms. The standard InChI is InChI=1S/C15H23BrN2O/c1-11(2)14-9-13(16)8-12(15(14)19-3)10-18-6-4-17-5-7-18/h8-9,11,17H,4-7,10H2,1-3H3. The summed E-state index contributed by atoms with van der Waals surface area (Å²) in [5.41, 5.74) is 2.56. The summed E-state index contributed by atoms with van der Waals surface area (Å²) < 4.78 is 6.81. The van der Waals surface area contributed by atoms with Crippen molar-refractivity contribution in [3.8, 4) is 5.75 Å². The van der Waals surface area contributed by atoms with E-state index in [1.54, 1.807) is 7.11 Å². The number of piperazine rings is 1. The molecule has 0 spiro atoms. The zero-order valence-electron chi connectivity index (χ0n) is 12.0. The van der Waals surface area contributed by atoms with Gasteiger partial charge >= 0.3 is 0 Å². The van der Waals surface area contributed by atoms with Crippen LogP contribution in [0.3, 0.4) is 0 Å². The smallest absolute Gasteiger partial charge is 0.126 e. The van der Waals surface area contributed by atoms with Crippen LogP contribution in [0.5, 0.6) is 5.75 Å². The van der Waals surface area contributed by atoms with E-state index < -0.39 is 0 Å². The normalized spacial score (nSPS) is 16.9. The number of nitrogens with zero attached hydrogens (tertiary/aromatic N) is 1. The first-order valence-corrected chi connectivity index (χ1v) is 7.70. The van der Waals surface area contributed by atoms with Crippen molar-refractivity contribution >= 4 is 15.9 Å². The molecule has 1 N–H and O–H groups in total. The topological polar surface area (TPSA) is 24.5 Å². The molecule has 1 aromatic rings. The summed E-state index contributed by atoms with van der Waals surface area (Å²) in [4.78, 5) is 2.48. The van der Waals surface area contributed by atoms with E-state index in [1.807, 2.05) is 0 Å². The van der Waals surface area contributed by atoms with Crippen LogP contribution in [0.4, 0.5) is 0 Å². The molecule has 0 saturated carbocycles. The van der Waals surface area contributed by atoms with Gasteiger partial charge in [0.25, 0.3) is 0 Å². The Hall–Kier alpha value is -0.580. The number of halogens is 1. The molecule has 0 aliphatic carbocycles. The van der Waals surface area contributed by atoms with Gasteiger partial charge in [-0.1, -0.05) is 29.8 Å². The van der Waals surface area contributed by atoms with Gasteiger partial charge in [-0.3, -0.25) is 4.90 Å². The highest BCUT2D eigenvalue weighted by molar-refractivity contribution is 9.10. The lowest BCUT2D eigenvalue weighted by Crippen LogP contribution is -2.42. The molecule has 1 aromatic carbocycles. The van der Waals surface area contributed by atoms with Crippen LogP contribution >= 0.6 is 15.9 Å². The van der Waals surface area contributed by atoms with Crippen molar-refractivity contribution in [2.24, 2.45) is 0 Å². The Bertz CT molecular complexity index is 428. The van der Waals surface area contributed by atoms with E-state index in [4.69, 9.17) is 4.74 Å². The second-order valence-corrected chi connectivity index (χ2v) is 6.28. The van der Waals surface area contributed by atoms with Gasteiger partial charge in [0.1, 0.15) is 5.75 Å². The van der Waals surface area contributed by atoms with Gasteiger partial charge in [-0.15, -0.1) is 0 Å². The highest BCUT2D eigenvalue weighted by Gasteiger charge is 2.17. The third-order valence-electron chi connectivity index (χ3n) is 3.59. The Morgan fingerprint density at radius 3 is 2.58 bits per heavy atom. The van der Waals surface area contributed by atoms with Crippen molar-refractivity contribution in [2.75, 3.05) is 33.3 Å². The molecule has 0 unspecified atom stereocenters. The first kappa shape index (κ1) is 14.8. The quantitative estimate of drug-likeness (QED) is 0.920. The highest BCUT2D eigenvalue weighted by atomic mass is 79.9. The average Bonchev–Trinajstić information content (AvgIpc) is 2.39. The van der Waals surface area contributed by atoms with E-state index in [9.17, 15) is 0 Å². The minimum Gasteiger partial charge on any atom is -0.496 e. The molecular weight excluding hydrogens is 304 g/mol. The van der Waals surface area contributed by atoms with Gasteiger partial charge in [0.05, 0.1) is 7.11 Å². The van der Waals surface area contributed by atoms with E-state index in [0.717, 1.165) is 42.9 Å². The summed E-state index contributed by atoms with van der Waals surface area (Å²) in [6.45, 7) is 9.74. The van der Waals surface area contributed by atoms with Crippen LogP contribution in [0.25, 0.3) is 0 Å². The van der Waals surface area contributed by atoms with E-state index >= 15 is 0 Å². The van der Waals surface area contributed by atoms with Crippen molar-refractivity contribution in [1.29, 1.82) is 0 Å². The highest BCUT2D eigenvalue weighted by Crippen LogP contribution is 2.34. The van der Waals surface area contributed by atoms with Crippen molar-refractivity contribution in [1.82, 2.24) is 10.2 Å². The third kappa shape index (κ3) is 3.71. The molecule has 0 amide bonds. The Balaban J connectivity index is 2.27. The molecule has 1 saturated heterocycles. The van der Waals surface area contributed by atoms with Crippen molar-refractivity contribution < 1.29 is 4.74 Å². The second kappa shape index (κ2) is 6.73.